The minimum Gasteiger partial charge on any atom is -0.381 e. The molecular formula is C15H24N2O. The first-order chi connectivity index (χ1) is 8.76. The molecule has 1 aromatic rings. The van der Waals surface area contributed by atoms with E-state index in [1.807, 2.05) is 0 Å². The minimum atomic E-state index is 0.264. The van der Waals surface area contributed by atoms with Crippen LogP contribution in [-0.2, 0) is 4.74 Å². The molecule has 0 saturated carbocycles. The van der Waals surface area contributed by atoms with Gasteiger partial charge >= 0.3 is 0 Å². The highest BCUT2D eigenvalue weighted by Crippen LogP contribution is 2.30. The molecule has 2 rings (SSSR count). The van der Waals surface area contributed by atoms with Gasteiger partial charge in [-0.2, -0.15) is 0 Å². The van der Waals surface area contributed by atoms with Crippen LogP contribution in [0.1, 0.15) is 13.3 Å². The Kier molecular flexibility index (Phi) is 4.61. The van der Waals surface area contributed by atoms with Crippen molar-refractivity contribution in [1.82, 2.24) is 5.32 Å². The van der Waals surface area contributed by atoms with Crippen molar-refractivity contribution in [3.63, 3.8) is 0 Å². The number of hydrogen-bond donors (Lipinski definition) is 1. The smallest absolute Gasteiger partial charge is 0.0552 e. The van der Waals surface area contributed by atoms with E-state index in [1.54, 1.807) is 0 Å². The molecule has 0 aliphatic carbocycles. The van der Waals surface area contributed by atoms with Gasteiger partial charge in [-0.25, -0.2) is 0 Å². The molecule has 1 heterocycles. The van der Waals surface area contributed by atoms with Crippen LogP contribution in [0.3, 0.4) is 0 Å². The topological polar surface area (TPSA) is 24.5 Å². The molecule has 1 atom stereocenters. The molecular weight excluding hydrogens is 224 g/mol. The number of benzene rings is 1. The van der Waals surface area contributed by atoms with Crippen molar-refractivity contribution in [3.8, 4) is 0 Å². The predicted molar refractivity (Wildman–Crippen MR) is 76.1 cm³/mol. The molecule has 1 unspecified atom stereocenters. The Hall–Kier alpha value is -1.06. The molecule has 0 aromatic heterocycles. The van der Waals surface area contributed by atoms with Crippen molar-refractivity contribution < 1.29 is 4.74 Å². The number of ether oxygens (including phenoxy) is 1. The third kappa shape index (κ3) is 3.24. The van der Waals surface area contributed by atoms with Crippen molar-refractivity contribution >= 4 is 5.69 Å². The minimum absolute atomic E-state index is 0.264. The fourth-order valence-corrected chi connectivity index (χ4v) is 2.64. The molecule has 1 saturated heterocycles. The predicted octanol–water partition coefficient (Wildman–Crippen LogP) is 2.14. The Labute approximate surface area is 110 Å². The maximum atomic E-state index is 5.63. The van der Waals surface area contributed by atoms with Gasteiger partial charge in [0, 0.05) is 37.8 Å². The second kappa shape index (κ2) is 6.21. The second-order valence-electron chi connectivity index (χ2n) is 5.27. The monoisotopic (exact) mass is 248 g/mol. The summed E-state index contributed by atoms with van der Waals surface area (Å²) in [6.45, 7) is 7.04. The lowest BCUT2D eigenvalue weighted by atomic mass is 9.86. The van der Waals surface area contributed by atoms with Crippen LogP contribution < -0.4 is 10.2 Å². The van der Waals surface area contributed by atoms with Crippen LogP contribution in [0.5, 0.6) is 0 Å². The molecule has 18 heavy (non-hydrogen) atoms. The molecule has 1 fully saturated rings. The number of rotatable bonds is 6. The van der Waals surface area contributed by atoms with E-state index in [4.69, 9.17) is 4.74 Å². The summed E-state index contributed by atoms with van der Waals surface area (Å²) in [4.78, 5) is 2.34. The van der Waals surface area contributed by atoms with Crippen LogP contribution in [0, 0.1) is 5.41 Å². The molecule has 0 spiro atoms. The molecule has 3 heteroatoms. The van der Waals surface area contributed by atoms with Gasteiger partial charge in [-0.05, 0) is 25.1 Å². The molecule has 0 radical (unpaired) electrons. The fourth-order valence-electron chi connectivity index (χ4n) is 2.64. The van der Waals surface area contributed by atoms with Gasteiger partial charge in [0.1, 0.15) is 0 Å². The van der Waals surface area contributed by atoms with Crippen LogP contribution in [-0.4, -0.2) is 39.9 Å². The third-order valence-corrected chi connectivity index (χ3v) is 3.70. The van der Waals surface area contributed by atoms with E-state index >= 15 is 0 Å². The van der Waals surface area contributed by atoms with Crippen molar-refractivity contribution in [2.75, 3.05) is 44.8 Å². The Morgan fingerprint density at radius 2 is 2.11 bits per heavy atom. The summed E-state index contributed by atoms with van der Waals surface area (Å²) >= 11 is 0. The highest BCUT2D eigenvalue weighted by Gasteiger charge is 2.35. The lowest BCUT2D eigenvalue weighted by Crippen LogP contribution is -2.43. The van der Waals surface area contributed by atoms with Crippen molar-refractivity contribution in [2.24, 2.45) is 5.41 Å². The number of hydrogen-bond acceptors (Lipinski definition) is 3. The van der Waals surface area contributed by atoms with Crippen molar-refractivity contribution in [3.05, 3.63) is 30.3 Å². The summed E-state index contributed by atoms with van der Waals surface area (Å²) in [5.41, 5.74) is 1.54. The van der Waals surface area contributed by atoms with E-state index in [1.165, 1.54) is 5.69 Å². The summed E-state index contributed by atoms with van der Waals surface area (Å²) in [6.07, 6.45) is 1.15. The van der Waals surface area contributed by atoms with E-state index in [-0.39, 0.29) is 5.41 Å². The lowest BCUT2D eigenvalue weighted by molar-refractivity contribution is 0.153. The number of nitrogens with zero attached hydrogens (tertiary/aromatic N) is 1. The van der Waals surface area contributed by atoms with Crippen LogP contribution in [0.25, 0.3) is 0 Å². The zero-order valence-electron chi connectivity index (χ0n) is 11.5. The first-order valence-corrected chi connectivity index (χ1v) is 6.80. The van der Waals surface area contributed by atoms with Gasteiger partial charge in [-0.15, -0.1) is 0 Å². The van der Waals surface area contributed by atoms with E-state index in [0.29, 0.717) is 0 Å². The highest BCUT2D eigenvalue weighted by molar-refractivity contribution is 5.45. The van der Waals surface area contributed by atoms with Crippen LogP contribution in [0.4, 0.5) is 5.69 Å². The molecule has 0 bridgehead atoms. The molecule has 1 N–H and O–H groups in total. The standard InChI is InChI=1S/C15H24N2O/c1-3-16-11-15(9-10-18-13-15)12-17(2)14-7-5-4-6-8-14/h4-8,16H,3,9-13H2,1-2H3. The van der Waals surface area contributed by atoms with Crippen molar-refractivity contribution in [2.45, 2.75) is 13.3 Å². The number of anilines is 1. The maximum Gasteiger partial charge on any atom is 0.0552 e. The summed E-state index contributed by atoms with van der Waals surface area (Å²) in [5.74, 6) is 0. The van der Waals surface area contributed by atoms with Crippen LogP contribution in [0.15, 0.2) is 30.3 Å². The van der Waals surface area contributed by atoms with Gasteiger partial charge in [0.05, 0.1) is 6.61 Å². The largest absolute Gasteiger partial charge is 0.381 e. The van der Waals surface area contributed by atoms with Gasteiger partial charge in [0.15, 0.2) is 0 Å². The maximum absolute atomic E-state index is 5.63. The normalized spacial score (nSPS) is 23.2. The average molecular weight is 248 g/mol. The van der Waals surface area contributed by atoms with Gasteiger partial charge in [-0.3, -0.25) is 0 Å². The third-order valence-electron chi connectivity index (χ3n) is 3.70. The zero-order chi connectivity index (χ0) is 12.8. The summed E-state index contributed by atoms with van der Waals surface area (Å²) < 4.78 is 5.63. The van der Waals surface area contributed by atoms with Crippen LogP contribution >= 0.6 is 0 Å². The SMILES string of the molecule is CCNCC1(CN(C)c2ccccc2)CCOC1. The van der Waals surface area contributed by atoms with E-state index < -0.39 is 0 Å². The molecule has 100 valence electrons. The van der Waals surface area contributed by atoms with E-state index in [9.17, 15) is 0 Å². The summed E-state index contributed by atoms with van der Waals surface area (Å²) in [5, 5.41) is 3.48. The molecule has 1 aromatic carbocycles. The first kappa shape index (κ1) is 13.4. The summed E-state index contributed by atoms with van der Waals surface area (Å²) in [6, 6.07) is 10.6. The van der Waals surface area contributed by atoms with Gasteiger partial charge in [-0.1, -0.05) is 25.1 Å². The first-order valence-electron chi connectivity index (χ1n) is 6.80. The quantitative estimate of drug-likeness (QED) is 0.835. The lowest BCUT2D eigenvalue weighted by Gasteiger charge is -2.33. The van der Waals surface area contributed by atoms with Crippen molar-refractivity contribution in [1.29, 1.82) is 0 Å². The molecule has 3 nitrogen and oxygen atoms in total. The summed E-state index contributed by atoms with van der Waals surface area (Å²) in [7, 11) is 2.17. The number of para-hydroxylation sites is 1. The Balaban J connectivity index is 2.00. The van der Waals surface area contributed by atoms with Gasteiger partial charge < -0.3 is 15.0 Å². The van der Waals surface area contributed by atoms with Crippen LogP contribution in [0.2, 0.25) is 0 Å². The zero-order valence-corrected chi connectivity index (χ0v) is 11.5. The van der Waals surface area contributed by atoms with Gasteiger partial charge in [0.2, 0.25) is 0 Å². The van der Waals surface area contributed by atoms with E-state index in [2.05, 4.69) is 54.5 Å². The highest BCUT2D eigenvalue weighted by atomic mass is 16.5. The second-order valence-corrected chi connectivity index (χ2v) is 5.27. The Morgan fingerprint density at radius 3 is 2.72 bits per heavy atom. The Morgan fingerprint density at radius 1 is 1.33 bits per heavy atom. The molecule has 1 aliphatic heterocycles. The molecule has 0 amide bonds. The Bertz CT molecular complexity index is 347. The molecule has 1 aliphatic rings. The van der Waals surface area contributed by atoms with E-state index in [0.717, 1.165) is 39.3 Å². The number of nitrogens with one attached hydrogen (secondary N) is 1. The fraction of sp³-hybridized carbons (Fsp3) is 0.600. The van der Waals surface area contributed by atoms with Gasteiger partial charge in [0.25, 0.3) is 0 Å². The average Bonchev–Trinajstić information content (AvgIpc) is 2.86.